The molecule has 1 aromatic rings. The number of carbonyl (C=O) groups excluding carboxylic acids is 2. The van der Waals surface area contributed by atoms with Gasteiger partial charge in [-0.05, 0) is 32.0 Å². The van der Waals surface area contributed by atoms with E-state index in [0.717, 1.165) is 0 Å². The maximum atomic E-state index is 11.7. The molecule has 0 aliphatic carbocycles. The van der Waals surface area contributed by atoms with E-state index in [9.17, 15) is 9.59 Å². The predicted octanol–water partition coefficient (Wildman–Crippen LogP) is 1.73. The normalized spacial score (nSPS) is 9.94. The Morgan fingerprint density at radius 2 is 1.94 bits per heavy atom. The zero-order valence-corrected chi connectivity index (χ0v) is 11.1. The maximum absolute atomic E-state index is 11.7. The summed E-state index contributed by atoms with van der Waals surface area (Å²) >= 11 is 5.91. The van der Waals surface area contributed by atoms with Crippen LogP contribution in [0, 0.1) is 0 Å². The predicted molar refractivity (Wildman–Crippen MR) is 72.4 cm³/mol. The molecule has 0 aliphatic rings. The van der Waals surface area contributed by atoms with Crippen molar-refractivity contribution in [3.63, 3.8) is 0 Å². The van der Waals surface area contributed by atoms with Gasteiger partial charge in [0.05, 0.1) is 10.7 Å². The highest BCUT2D eigenvalue weighted by Crippen LogP contribution is 2.23. The molecule has 0 bridgehead atoms. The molecule has 0 unspecified atom stereocenters. The first-order valence-corrected chi connectivity index (χ1v) is 6.02. The number of amides is 2. The van der Waals surface area contributed by atoms with Crippen LogP contribution in [0.5, 0.6) is 0 Å². The SMILES string of the molecule is CCN(CC)C(=O)C(=O)Nc1ccc(N)cc1Cl. The fourth-order valence-electron chi connectivity index (χ4n) is 1.46. The number of benzene rings is 1. The van der Waals surface area contributed by atoms with E-state index >= 15 is 0 Å². The molecule has 1 rings (SSSR count). The zero-order chi connectivity index (χ0) is 13.7. The molecule has 0 spiro atoms. The summed E-state index contributed by atoms with van der Waals surface area (Å²) in [6, 6.07) is 4.67. The highest BCUT2D eigenvalue weighted by atomic mass is 35.5. The summed E-state index contributed by atoms with van der Waals surface area (Å²) in [5.41, 5.74) is 6.40. The van der Waals surface area contributed by atoms with Crippen LogP contribution >= 0.6 is 11.6 Å². The number of rotatable bonds is 3. The molecule has 0 aromatic heterocycles. The molecule has 2 amide bonds. The summed E-state index contributed by atoms with van der Waals surface area (Å²) in [4.78, 5) is 24.9. The Hall–Kier alpha value is -1.75. The molecule has 1 aromatic carbocycles. The van der Waals surface area contributed by atoms with Crippen LogP contribution in [0.3, 0.4) is 0 Å². The van der Waals surface area contributed by atoms with Gasteiger partial charge in [-0.15, -0.1) is 0 Å². The number of likely N-dealkylation sites (N-methyl/N-ethyl adjacent to an activating group) is 1. The molecule has 98 valence electrons. The van der Waals surface area contributed by atoms with Crippen molar-refractivity contribution in [2.24, 2.45) is 0 Å². The van der Waals surface area contributed by atoms with Crippen LogP contribution in [0.1, 0.15) is 13.8 Å². The number of nitrogens with one attached hydrogen (secondary N) is 1. The van der Waals surface area contributed by atoms with Gasteiger partial charge in [0.25, 0.3) is 0 Å². The van der Waals surface area contributed by atoms with E-state index in [0.29, 0.717) is 29.5 Å². The van der Waals surface area contributed by atoms with E-state index in [1.165, 1.54) is 11.0 Å². The number of nitrogens with two attached hydrogens (primary N) is 1. The summed E-state index contributed by atoms with van der Waals surface area (Å²) in [6.07, 6.45) is 0. The lowest BCUT2D eigenvalue weighted by Crippen LogP contribution is -2.39. The second-order valence-corrected chi connectivity index (χ2v) is 4.08. The molecule has 0 atom stereocenters. The van der Waals surface area contributed by atoms with E-state index in [4.69, 9.17) is 17.3 Å². The summed E-state index contributed by atoms with van der Waals surface area (Å²) in [5, 5.41) is 2.77. The Labute approximate surface area is 111 Å². The van der Waals surface area contributed by atoms with Crippen molar-refractivity contribution in [3.8, 4) is 0 Å². The fraction of sp³-hybridized carbons (Fsp3) is 0.333. The van der Waals surface area contributed by atoms with Gasteiger partial charge in [0.2, 0.25) is 0 Å². The quantitative estimate of drug-likeness (QED) is 0.648. The van der Waals surface area contributed by atoms with Gasteiger partial charge in [-0.25, -0.2) is 0 Å². The molecule has 0 fully saturated rings. The van der Waals surface area contributed by atoms with Crippen molar-refractivity contribution in [3.05, 3.63) is 23.2 Å². The lowest BCUT2D eigenvalue weighted by molar-refractivity contribution is -0.142. The summed E-state index contributed by atoms with van der Waals surface area (Å²) in [5.74, 6) is -1.28. The molecule has 0 saturated heterocycles. The smallest absolute Gasteiger partial charge is 0.313 e. The third-order valence-corrected chi connectivity index (χ3v) is 2.80. The number of nitrogen functional groups attached to an aromatic ring is 1. The van der Waals surface area contributed by atoms with E-state index in [-0.39, 0.29) is 0 Å². The van der Waals surface area contributed by atoms with Crippen molar-refractivity contribution in [1.82, 2.24) is 4.90 Å². The Kier molecular flexibility index (Phi) is 4.97. The van der Waals surface area contributed by atoms with Crippen molar-refractivity contribution >= 4 is 34.8 Å². The average Bonchev–Trinajstić information content (AvgIpc) is 2.34. The van der Waals surface area contributed by atoms with Gasteiger partial charge in [-0.1, -0.05) is 11.6 Å². The molecule has 18 heavy (non-hydrogen) atoms. The van der Waals surface area contributed by atoms with Gasteiger partial charge >= 0.3 is 11.8 Å². The Morgan fingerprint density at radius 3 is 2.44 bits per heavy atom. The van der Waals surface area contributed by atoms with E-state index in [1.807, 2.05) is 13.8 Å². The van der Waals surface area contributed by atoms with Gasteiger partial charge in [0.15, 0.2) is 0 Å². The summed E-state index contributed by atoms with van der Waals surface area (Å²) < 4.78 is 0. The number of halogens is 1. The van der Waals surface area contributed by atoms with E-state index in [1.54, 1.807) is 12.1 Å². The summed E-state index contributed by atoms with van der Waals surface area (Å²) in [6.45, 7) is 4.59. The maximum Gasteiger partial charge on any atom is 0.313 e. The number of anilines is 2. The number of carbonyl (C=O) groups is 2. The van der Waals surface area contributed by atoms with Gasteiger partial charge in [-0.2, -0.15) is 0 Å². The molecule has 0 aliphatic heterocycles. The van der Waals surface area contributed by atoms with Crippen LogP contribution in [0.25, 0.3) is 0 Å². The molecule has 6 heteroatoms. The van der Waals surface area contributed by atoms with Crippen LogP contribution < -0.4 is 11.1 Å². The largest absolute Gasteiger partial charge is 0.399 e. The third-order valence-electron chi connectivity index (χ3n) is 2.49. The second kappa shape index (κ2) is 6.26. The van der Waals surface area contributed by atoms with Crippen molar-refractivity contribution < 1.29 is 9.59 Å². The lowest BCUT2D eigenvalue weighted by atomic mass is 10.3. The van der Waals surface area contributed by atoms with Crippen LogP contribution in [-0.4, -0.2) is 29.8 Å². The molecule has 0 radical (unpaired) electrons. The van der Waals surface area contributed by atoms with Crippen molar-refractivity contribution in [2.45, 2.75) is 13.8 Å². The third kappa shape index (κ3) is 3.37. The lowest BCUT2D eigenvalue weighted by Gasteiger charge is -2.18. The van der Waals surface area contributed by atoms with Crippen LogP contribution in [-0.2, 0) is 9.59 Å². The molecular formula is C12H16ClN3O2. The molecule has 5 nitrogen and oxygen atoms in total. The Balaban J connectivity index is 2.78. The van der Waals surface area contributed by atoms with Gasteiger partial charge in [0, 0.05) is 18.8 Å². The van der Waals surface area contributed by atoms with E-state index in [2.05, 4.69) is 5.32 Å². The van der Waals surface area contributed by atoms with Gasteiger partial charge in [-0.3, -0.25) is 9.59 Å². The minimum atomic E-state index is -0.703. The first-order valence-electron chi connectivity index (χ1n) is 5.64. The Bertz CT molecular complexity index is 459. The molecule has 0 heterocycles. The van der Waals surface area contributed by atoms with Gasteiger partial charge < -0.3 is 16.0 Å². The van der Waals surface area contributed by atoms with Crippen LogP contribution in [0.2, 0.25) is 5.02 Å². The monoisotopic (exact) mass is 269 g/mol. The molecule has 3 N–H and O–H groups in total. The highest BCUT2D eigenvalue weighted by molar-refractivity contribution is 6.41. The van der Waals surface area contributed by atoms with Gasteiger partial charge in [0.1, 0.15) is 0 Å². The highest BCUT2D eigenvalue weighted by Gasteiger charge is 2.19. The minimum Gasteiger partial charge on any atom is -0.399 e. The van der Waals surface area contributed by atoms with Crippen LogP contribution in [0.4, 0.5) is 11.4 Å². The zero-order valence-electron chi connectivity index (χ0n) is 10.4. The minimum absolute atomic E-state index is 0.302. The number of hydrogen-bond acceptors (Lipinski definition) is 3. The molecule has 0 saturated carbocycles. The number of hydrogen-bond donors (Lipinski definition) is 2. The standard InChI is InChI=1S/C12H16ClN3O2/c1-3-16(4-2)12(18)11(17)15-10-6-5-8(14)7-9(10)13/h5-7H,3-4,14H2,1-2H3,(H,15,17). The Morgan fingerprint density at radius 1 is 1.33 bits per heavy atom. The first-order chi connectivity index (χ1) is 8.49. The van der Waals surface area contributed by atoms with E-state index < -0.39 is 11.8 Å². The average molecular weight is 270 g/mol. The van der Waals surface area contributed by atoms with Crippen molar-refractivity contribution in [1.29, 1.82) is 0 Å². The van der Waals surface area contributed by atoms with Crippen molar-refractivity contribution in [2.75, 3.05) is 24.1 Å². The molecular weight excluding hydrogens is 254 g/mol. The summed E-state index contributed by atoms with van der Waals surface area (Å²) in [7, 11) is 0. The first kappa shape index (κ1) is 14.3. The topological polar surface area (TPSA) is 75.4 Å². The van der Waals surface area contributed by atoms with Crippen LogP contribution in [0.15, 0.2) is 18.2 Å². The fourth-order valence-corrected chi connectivity index (χ4v) is 1.70. The second-order valence-electron chi connectivity index (χ2n) is 3.67. The number of nitrogens with zero attached hydrogens (tertiary/aromatic N) is 1.